The molecular formula is C19H26N4S. The van der Waals surface area contributed by atoms with Crippen LogP contribution in [-0.2, 0) is 0 Å². The highest BCUT2D eigenvalue weighted by atomic mass is 32.1. The molecule has 1 aromatic heterocycles. The van der Waals surface area contributed by atoms with Crippen LogP contribution in [0.1, 0.15) is 40.5 Å². The topological polar surface area (TPSA) is 49.3 Å². The second-order valence-electron chi connectivity index (χ2n) is 6.87. The predicted molar refractivity (Wildman–Crippen MR) is 106 cm³/mol. The van der Waals surface area contributed by atoms with E-state index >= 15 is 0 Å². The van der Waals surface area contributed by atoms with Gasteiger partial charge in [-0.25, -0.2) is 0 Å². The molecule has 0 saturated heterocycles. The van der Waals surface area contributed by atoms with Gasteiger partial charge in [-0.05, 0) is 62.5 Å². The molecular weight excluding hydrogens is 316 g/mol. The fraction of sp³-hybridized carbons (Fsp3) is 0.421. The molecule has 1 aliphatic carbocycles. The first-order valence-electron chi connectivity index (χ1n) is 8.24. The predicted octanol–water partition coefficient (Wildman–Crippen LogP) is 4.68. The summed E-state index contributed by atoms with van der Waals surface area (Å²) in [6.07, 6.45) is 12.5. The van der Waals surface area contributed by atoms with Gasteiger partial charge in [0, 0.05) is 12.1 Å². The molecule has 0 aromatic carbocycles. The Labute approximate surface area is 150 Å². The summed E-state index contributed by atoms with van der Waals surface area (Å²) < 4.78 is 0. The van der Waals surface area contributed by atoms with Crippen LogP contribution in [0, 0.1) is 11.3 Å². The Morgan fingerprint density at radius 2 is 2.25 bits per heavy atom. The lowest BCUT2D eigenvalue weighted by molar-refractivity contribution is 0.255. The lowest BCUT2D eigenvalue weighted by Crippen LogP contribution is -2.26. The van der Waals surface area contributed by atoms with Gasteiger partial charge in [-0.1, -0.05) is 31.6 Å². The molecule has 0 aliphatic heterocycles. The summed E-state index contributed by atoms with van der Waals surface area (Å²) in [5.41, 5.74) is 6.32. The van der Waals surface area contributed by atoms with E-state index < -0.39 is 0 Å². The quantitative estimate of drug-likeness (QED) is 0.361. The zero-order valence-corrected chi connectivity index (χ0v) is 15.7. The van der Waals surface area contributed by atoms with Gasteiger partial charge in [0.05, 0.1) is 17.6 Å². The molecule has 1 aromatic rings. The normalized spacial score (nSPS) is 20.6. The molecule has 0 fully saturated rings. The lowest BCUT2D eigenvalue weighted by atomic mass is 9.68. The van der Waals surface area contributed by atoms with Crippen LogP contribution in [0.15, 0.2) is 53.4 Å². The van der Waals surface area contributed by atoms with Crippen molar-refractivity contribution in [2.45, 2.75) is 40.5 Å². The number of hydrogen-bond donors (Lipinski definition) is 2. The summed E-state index contributed by atoms with van der Waals surface area (Å²) in [6.45, 7) is 8.84. The number of pyridine rings is 1. The van der Waals surface area contributed by atoms with Gasteiger partial charge in [0.2, 0.25) is 0 Å². The molecule has 2 rings (SSSR count). The molecule has 0 spiro atoms. The van der Waals surface area contributed by atoms with E-state index in [-0.39, 0.29) is 0 Å². The minimum Gasteiger partial charge on any atom is -0.330 e. The van der Waals surface area contributed by atoms with Crippen LogP contribution in [0.5, 0.6) is 0 Å². The maximum Gasteiger partial charge on any atom is 0.191 e. The van der Waals surface area contributed by atoms with Gasteiger partial charge in [-0.3, -0.25) is 10.4 Å². The Morgan fingerprint density at radius 3 is 2.92 bits per heavy atom. The number of aromatic nitrogens is 1. The minimum absolute atomic E-state index is 0.292. The number of anilines is 1. The largest absolute Gasteiger partial charge is 0.330 e. The average Bonchev–Trinajstić information content (AvgIpc) is 2.53. The smallest absolute Gasteiger partial charge is 0.191 e. The Balaban J connectivity index is 1.92. The van der Waals surface area contributed by atoms with Gasteiger partial charge in [0.15, 0.2) is 5.11 Å². The average molecular weight is 343 g/mol. The molecule has 0 radical (unpaired) electrons. The van der Waals surface area contributed by atoms with Crippen molar-refractivity contribution in [3.05, 3.63) is 48.3 Å². The number of nitrogens with one attached hydrogen (secondary N) is 2. The van der Waals surface area contributed by atoms with Crippen LogP contribution in [0.3, 0.4) is 0 Å². The summed E-state index contributed by atoms with van der Waals surface area (Å²) in [7, 11) is 0. The monoisotopic (exact) mass is 342 g/mol. The van der Waals surface area contributed by atoms with Crippen LogP contribution in [0.25, 0.3) is 0 Å². The first-order chi connectivity index (χ1) is 11.4. The summed E-state index contributed by atoms with van der Waals surface area (Å²) in [5.74, 6) is 0.455. The van der Waals surface area contributed by atoms with E-state index in [1.54, 1.807) is 12.4 Å². The molecule has 128 valence electrons. The Kier molecular flexibility index (Phi) is 6.26. The summed E-state index contributed by atoms with van der Waals surface area (Å²) in [5, 5.41) is 7.80. The van der Waals surface area contributed by atoms with Gasteiger partial charge >= 0.3 is 0 Å². The number of hydrazone groups is 1. The highest BCUT2D eigenvalue weighted by Crippen LogP contribution is 2.41. The van der Waals surface area contributed by atoms with Crippen molar-refractivity contribution in [2.75, 3.05) is 5.32 Å². The van der Waals surface area contributed by atoms with Gasteiger partial charge in [0.25, 0.3) is 0 Å². The Bertz CT molecular complexity index is 659. The molecule has 0 amide bonds. The van der Waals surface area contributed by atoms with Crippen LogP contribution in [0.4, 0.5) is 5.69 Å². The number of rotatable bonds is 4. The third kappa shape index (κ3) is 5.27. The molecule has 5 heteroatoms. The van der Waals surface area contributed by atoms with Crippen LogP contribution < -0.4 is 10.7 Å². The third-order valence-electron chi connectivity index (χ3n) is 4.37. The second-order valence-corrected chi connectivity index (χ2v) is 7.28. The molecule has 24 heavy (non-hydrogen) atoms. The fourth-order valence-electron chi connectivity index (χ4n) is 2.99. The van der Waals surface area contributed by atoms with Crippen LogP contribution in [-0.4, -0.2) is 15.8 Å². The van der Waals surface area contributed by atoms with E-state index in [0.29, 0.717) is 16.4 Å². The number of thiocarbonyl (C=S) groups is 1. The summed E-state index contributed by atoms with van der Waals surface area (Å²) in [4.78, 5) is 4.03. The van der Waals surface area contributed by atoms with E-state index in [9.17, 15) is 0 Å². The SMILES string of the molecule is CC1=CCCC(C)(C)C1C=CC(C)=NNC(=S)Nc1cccnc1. The number of allylic oxidation sites excluding steroid dienone is 4. The van der Waals surface area contributed by atoms with Crippen molar-refractivity contribution in [1.29, 1.82) is 0 Å². The van der Waals surface area contributed by atoms with E-state index in [2.05, 4.69) is 59.8 Å². The molecule has 4 nitrogen and oxygen atoms in total. The molecule has 0 saturated carbocycles. The maximum absolute atomic E-state index is 5.23. The van der Waals surface area contributed by atoms with E-state index in [1.165, 1.54) is 18.4 Å². The maximum atomic E-state index is 5.23. The number of nitrogens with zero attached hydrogens (tertiary/aromatic N) is 2. The fourth-order valence-corrected chi connectivity index (χ4v) is 3.15. The van der Waals surface area contributed by atoms with Gasteiger partial charge in [0.1, 0.15) is 0 Å². The van der Waals surface area contributed by atoms with Crippen molar-refractivity contribution < 1.29 is 0 Å². The highest BCUT2D eigenvalue weighted by molar-refractivity contribution is 7.80. The minimum atomic E-state index is 0.292. The first-order valence-corrected chi connectivity index (χ1v) is 8.65. The Hall–Kier alpha value is -2.01. The van der Waals surface area contributed by atoms with Crippen LogP contribution >= 0.6 is 12.2 Å². The van der Waals surface area contributed by atoms with Crippen molar-refractivity contribution in [3.63, 3.8) is 0 Å². The van der Waals surface area contributed by atoms with Gasteiger partial charge in [-0.2, -0.15) is 5.10 Å². The van der Waals surface area contributed by atoms with E-state index in [0.717, 1.165) is 11.4 Å². The van der Waals surface area contributed by atoms with Gasteiger partial charge < -0.3 is 5.32 Å². The zero-order valence-electron chi connectivity index (χ0n) is 14.8. The standard InChI is InChI=1S/C19H26N4S/c1-14-7-5-11-19(3,4)17(14)10-9-15(2)22-23-18(24)21-16-8-6-12-20-13-16/h6-10,12-13,17H,5,11H2,1-4H3,(H2,21,23,24). The summed E-state index contributed by atoms with van der Waals surface area (Å²) in [6, 6.07) is 3.75. The first kappa shape index (κ1) is 18.3. The lowest BCUT2D eigenvalue weighted by Gasteiger charge is -2.36. The van der Waals surface area contributed by atoms with Crippen molar-refractivity contribution >= 4 is 28.7 Å². The number of hydrogen-bond acceptors (Lipinski definition) is 3. The van der Waals surface area contributed by atoms with E-state index in [4.69, 9.17) is 12.2 Å². The highest BCUT2D eigenvalue weighted by Gasteiger charge is 2.30. The van der Waals surface area contributed by atoms with Crippen molar-refractivity contribution in [1.82, 2.24) is 10.4 Å². The zero-order chi connectivity index (χ0) is 17.6. The van der Waals surface area contributed by atoms with Crippen molar-refractivity contribution in [2.24, 2.45) is 16.4 Å². The molecule has 2 N–H and O–H groups in total. The molecule has 1 aliphatic rings. The summed E-state index contributed by atoms with van der Waals surface area (Å²) >= 11 is 5.23. The third-order valence-corrected chi connectivity index (χ3v) is 4.56. The van der Waals surface area contributed by atoms with Crippen LogP contribution in [0.2, 0.25) is 0 Å². The Morgan fingerprint density at radius 1 is 1.46 bits per heavy atom. The molecule has 1 heterocycles. The van der Waals surface area contributed by atoms with E-state index in [1.807, 2.05) is 19.1 Å². The van der Waals surface area contributed by atoms with Gasteiger partial charge in [-0.15, -0.1) is 0 Å². The molecule has 1 atom stereocenters. The molecule has 1 unspecified atom stereocenters. The van der Waals surface area contributed by atoms with Crippen molar-refractivity contribution in [3.8, 4) is 0 Å². The second kappa shape index (κ2) is 8.20. The molecule has 0 bridgehead atoms.